The molecule has 1 saturated carbocycles. The van der Waals surface area contributed by atoms with E-state index in [1.807, 2.05) is 24.3 Å². The summed E-state index contributed by atoms with van der Waals surface area (Å²) in [5.41, 5.74) is 2.89. The lowest BCUT2D eigenvalue weighted by molar-refractivity contribution is -0.0271. The SMILES string of the molecule is CCOc1cc(C)c(-c2ccc(C3CCC(C)(OC)CC3)cc2)c(F)c1F. The maximum atomic E-state index is 14.6. The van der Waals surface area contributed by atoms with Crippen LogP contribution in [0.4, 0.5) is 8.78 Å². The Morgan fingerprint density at radius 2 is 1.70 bits per heavy atom. The molecule has 2 nitrogen and oxygen atoms in total. The van der Waals surface area contributed by atoms with Crippen LogP contribution in [0.25, 0.3) is 11.1 Å². The van der Waals surface area contributed by atoms with Gasteiger partial charge in [-0.2, -0.15) is 4.39 Å². The number of halogens is 2. The molecule has 4 heteroatoms. The first-order chi connectivity index (χ1) is 12.9. The van der Waals surface area contributed by atoms with Crippen molar-refractivity contribution in [3.8, 4) is 16.9 Å². The van der Waals surface area contributed by atoms with E-state index >= 15 is 0 Å². The van der Waals surface area contributed by atoms with Gasteiger partial charge >= 0.3 is 0 Å². The molecule has 0 radical (unpaired) electrons. The zero-order chi connectivity index (χ0) is 19.6. The van der Waals surface area contributed by atoms with Crippen LogP contribution in [0.2, 0.25) is 0 Å². The third-order valence-corrected chi connectivity index (χ3v) is 5.88. The predicted octanol–water partition coefficient (Wildman–Crippen LogP) is 6.40. The van der Waals surface area contributed by atoms with Gasteiger partial charge in [-0.25, -0.2) is 4.39 Å². The van der Waals surface area contributed by atoms with E-state index in [1.54, 1.807) is 27.0 Å². The molecule has 2 aromatic carbocycles. The molecule has 0 aromatic heterocycles. The molecule has 146 valence electrons. The van der Waals surface area contributed by atoms with E-state index in [9.17, 15) is 8.78 Å². The number of benzene rings is 2. The minimum absolute atomic E-state index is 0.0173. The first-order valence-electron chi connectivity index (χ1n) is 9.65. The summed E-state index contributed by atoms with van der Waals surface area (Å²) in [7, 11) is 1.78. The second-order valence-corrected chi connectivity index (χ2v) is 7.68. The van der Waals surface area contributed by atoms with Gasteiger partial charge in [-0.1, -0.05) is 24.3 Å². The molecule has 0 saturated heterocycles. The molecule has 1 aliphatic carbocycles. The standard InChI is InChI=1S/C23H28F2O2/c1-5-27-19-14-15(2)20(22(25)21(19)24)18-8-6-16(7-9-18)17-10-12-23(3,26-4)13-11-17/h6-9,14,17H,5,10-13H2,1-4H3. The Kier molecular flexibility index (Phi) is 5.85. The number of aryl methyl sites for hydroxylation is 1. The van der Waals surface area contributed by atoms with Crippen molar-refractivity contribution in [2.24, 2.45) is 0 Å². The highest BCUT2D eigenvalue weighted by molar-refractivity contribution is 5.69. The quantitative estimate of drug-likeness (QED) is 0.603. The van der Waals surface area contributed by atoms with Gasteiger partial charge in [0.15, 0.2) is 11.6 Å². The monoisotopic (exact) mass is 374 g/mol. The van der Waals surface area contributed by atoms with Crippen LogP contribution in [0.15, 0.2) is 30.3 Å². The normalized spacial score (nSPS) is 22.7. The van der Waals surface area contributed by atoms with E-state index in [4.69, 9.17) is 9.47 Å². The molecule has 0 atom stereocenters. The van der Waals surface area contributed by atoms with E-state index in [0.717, 1.165) is 25.7 Å². The van der Waals surface area contributed by atoms with Crippen molar-refractivity contribution >= 4 is 0 Å². The van der Waals surface area contributed by atoms with Crippen LogP contribution in [0.1, 0.15) is 56.6 Å². The van der Waals surface area contributed by atoms with Crippen molar-refractivity contribution in [2.45, 2.75) is 58.0 Å². The summed E-state index contributed by atoms with van der Waals surface area (Å²) >= 11 is 0. The molecule has 3 rings (SSSR count). The third-order valence-electron chi connectivity index (χ3n) is 5.88. The van der Waals surface area contributed by atoms with Gasteiger partial charge in [-0.15, -0.1) is 0 Å². The maximum absolute atomic E-state index is 14.6. The average molecular weight is 374 g/mol. The van der Waals surface area contributed by atoms with Crippen LogP contribution >= 0.6 is 0 Å². The molecule has 0 aliphatic heterocycles. The van der Waals surface area contributed by atoms with Crippen LogP contribution in [-0.4, -0.2) is 19.3 Å². The second-order valence-electron chi connectivity index (χ2n) is 7.68. The highest BCUT2D eigenvalue weighted by atomic mass is 19.2. The summed E-state index contributed by atoms with van der Waals surface area (Å²) in [6.45, 7) is 5.99. The molecule has 27 heavy (non-hydrogen) atoms. The van der Waals surface area contributed by atoms with E-state index in [2.05, 4.69) is 6.92 Å². The summed E-state index contributed by atoms with van der Waals surface area (Å²) in [5, 5.41) is 0. The van der Waals surface area contributed by atoms with Gasteiger partial charge in [-0.3, -0.25) is 0 Å². The first kappa shape index (κ1) is 19.8. The summed E-state index contributed by atoms with van der Waals surface area (Å²) in [4.78, 5) is 0. The third kappa shape index (κ3) is 4.01. The summed E-state index contributed by atoms with van der Waals surface area (Å²) < 4.78 is 39.7. The summed E-state index contributed by atoms with van der Waals surface area (Å²) in [5.74, 6) is -1.31. The molecule has 0 amide bonds. The molecular weight excluding hydrogens is 346 g/mol. The van der Waals surface area contributed by atoms with Crippen molar-refractivity contribution in [1.82, 2.24) is 0 Å². The number of rotatable bonds is 5. The number of hydrogen-bond acceptors (Lipinski definition) is 2. The topological polar surface area (TPSA) is 18.5 Å². The van der Waals surface area contributed by atoms with Crippen molar-refractivity contribution in [3.63, 3.8) is 0 Å². The van der Waals surface area contributed by atoms with Crippen molar-refractivity contribution in [3.05, 3.63) is 53.1 Å². The van der Waals surface area contributed by atoms with E-state index in [1.165, 1.54) is 5.56 Å². The van der Waals surface area contributed by atoms with Crippen LogP contribution < -0.4 is 4.74 Å². The molecule has 0 N–H and O–H groups in total. The lowest BCUT2D eigenvalue weighted by Crippen LogP contribution is -2.32. The van der Waals surface area contributed by atoms with Gasteiger partial charge in [0.2, 0.25) is 5.82 Å². The van der Waals surface area contributed by atoms with Crippen molar-refractivity contribution in [2.75, 3.05) is 13.7 Å². The largest absolute Gasteiger partial charge is 0.491 e. The fraction of sp³-hybridized carbons (Fsp3) is 0.478. The minimum Gasteiger partial charge on any atom is -0.491 e. The minimum atomic E-state index is -0.923. The van der Waals surface area contributed by atoms with E-state index in [-0.39, 0.29) is 11.4 Å². The van der Waals surface area contributed by atoms with Gasteiger partial charge in [0.05, 0.1) is 12.2 Å². The van der Waals surface area contributed by atoms with Gasteiger partial charge in [0.25, 0.3) is 0 Å². The van der Waals surface area contributed by atoms with Crippen LogP contribution in [0.3, 0.4) is 0 Å². The van der Waals surface area contributed by atoms with Crippen molar-refractivity contribution < 1.29 is 18.3 Å². The Hall–Kier alpha value is -1.94. The lowest BCUT2D eigenvalue weighted by Gasteiger charge is -2.36. The summed E-state index contributed by atoms with van der Waals surface area (Å²) in [6, 6.07) is 9.44. The Morgan fingerprint density at radius 1 is 1.07 bits per heavy atom. The molecule has 0 spiro atoms. The Bertz CT molecular complexity index is 791. The number of methoxy groups -OCH3 is 1. The lowest BCUT2D eigenvalue weighted by atomic mass is 9.76. The zero-order valence-corrected chi connectivity index (χ0v) is 16.6. The number of hydrogen-bond donors (Lipinski definition) is 0. The van der Waals surface area contributed by atoms with Crippen LogP contribution in [-0.2, 0) is 4.74 Å². The fourth-order valence-corrected chi connectivity index (χ4v) is 4.03. The van der Waals surface area contributed by atoms with Crippen LogP contribution in [0, 0.1) is 18.6 Å². The molecule has 2 aromatic rings. The van der Waals surface area contributed by atoms with Gasteiger partial charge in [-0.05, 0) is 75.1 Å². The Labute approximate surface area is 160 Å². The highest BCUT2D eigenvalue weighted by Gasteiger charge is 2.31. The van der Waals surface area contributed by atoms with Gasteiger partial charge < -0.3 is 9.47 Å². The average Bonchev–Trinajstić information content (AvgIpc) is 2.67. The fourth-order valence-electron chi connectivity index (χ4n) is 4.03. The van der Waals surface area contributed by atoms with Crippen LogP contribution in [0.5, 0.6) is 5.75 Å². The number of ether oxygens (including phenoxy) is 2. The Balaban J connectivity index is 1.83. The molecule has 1 fully saturated rings. The van der Waals surface area contributed by atoms with Gasteiger partial charge in [0.1, 0.15) is 0 Å². The molecule has 0 heterocycles. The highest BCUT2D eigenvalue weighted by Crippen LogP contribution is 2.40. The smallest absolute Gasteiger partial charge is 0.201 e. The Morgan fingerprint density at radius 3 is 2.26 bits per heavy atom. The first-order valence-corrected chi connectivity index (χ1v) is 9.65. The predicted molar refractivity (Wildman–Crippen MR) is 104 cm³/mol. The van der Waals surface area contributed by atoms with Gasteiger partial charge in [0, 0.05) is 12.7 Å². The zero-order valence-electron chi connectivity index (χ0n) is 16.6. The second kappa shape index (κ2) is 7.97. The maximum Gasteiger partial charge on any atom is 0.201 e. The molecule has 0 bridgehead atoms. The summed E-state index contributed by atoms with van der Waals surface area (Å²) in [6.07, 6.45) is 4.23. The van der Waals surface area contributed by atoms with Crippen molar-refractivity contribution in [1.29, 1.82) is 0 Å². The van der Waals surface area contributed by atoms with E-state index in [0.29, 0.717) is 29.2 Å². The molecular formula is C23H28F2O2. The molecule has 0 unspecified atom stereocenters. The van der Waals surface area contributed by atoms with E-state index < -0.39 is 11.6 Å². The molecule has 1 aliphatic rings.